The molecule has 0 saturated carbocycles. The molecule has 0 aromatic carbocycles. The lowest BCUT2D eigenvalue weighted by atomic mass is 10.0. The average molecular weight is 266 g/mol. The summed E-state index contributed by atoms with van der Waals surface area (Å²) >= 11 is 0. The Morgan fingerprint density at radius 2 is 2.05 bits per heavy atom. The van der Waals surface area contributed by atoms with E-state index in [1.165, 1.54) is 12.4 Å². The molecule has 0 aliphatic rings. The Bertz CT molecular complexity index is 404. The zero-order chi connectivity index (χ0) is 14.4. The molecule has 1 heterocycles. The van der Waals surface area contributed by atoms with E-state index in [1.807, 2.05) is 14.1 Å². The highest BCUT2D eigenvalue weighted by molar-refractivity contribution is 5.84. The number of aromatic carboxylic acids is 1. The molecule has 1 aromatic heterocycles. The number of anilines is 1. The Balaban J connectivity index is 2.56. The van der Waals surface area contributed by atoms with E-state index in [4.69, 9.17) is 5.11 Å². The summed E-state index contributed by atoms with van der Waals surface area (Å²) in [6, 6.07) is 0.404. The maximum atomic E-state index is 10.7. The fourth-order valence-electron chi connectivity index (χ4n) is 1.77. The van der Waals surface area contributed by atoms with E-state index >= 15 is 0 Å². The molecule has 0 spiro atoms. The van der Waals surface area contributed by atoms with Gasteiger partial charge in [-0.15, -0.1) is 0 Å². The molecule has 0 bridgehead atoms. The molecule has 1 aromatic rings. The molecule has 0 saturated heterocycles. The second-order valence-electron chi connectivity index (χ2n) is 5.22. The van der Waals surface area contributed by atoms with Crippen molar-refractivity contribution in [1.82, 2.24) is 14.9 Å². The molecule has 1 atom stereocenters. The van der Waals surface area contributed by atoms with Crippen molar-refractivity contribution in [2.45, 2.75) is 26.3 Å². The van der Waals surface area contributed by atoms with Crippen molar-refractivity contribution >= 4 is 11.8 Å². The van der Waals surface area contributed by atoms with E-state index in [-0.39, 0.29) is 5.69 Å². The van der Waals surface area contributed by atoms with E-state index in [0.29, 0.717) is 17.8 Å². The molecule has 0 fully saturated rings. The fraction of sp³-hybridized carbons (Fsp3) is 0.615. The van der Waals surface area contributed by atoms with Gasteiger partial charge in [-0.3, -0.25) is 0 Å². The lowest BCUT2D eigenvalue weighted by Crippen LogP contribution is -2.35. The summed E-state index contributed by atoms with van der Waals surface area (Å²) in [5.74, 6) is 0.153. The summed E-state index contributed by atoms with van der Waals surface area (Å²) in [5, 5.41) is 11.9. The van der Waals surface area contributed by atoms with Crippen molar-refractivity contribution in [3.05, 3.63) is 18.1 Å². The van der Waals surface area contributed by atoms with E-state index in [0.717, 1.165) is 13.0 Å². The Kier molecular flexibility index (Phi) is 5.69. The van der Waals surface area contributed by atoms with Crippen molar-refractivity contribution in [3.63, 3.8) is 0 Å². The van der Waals surface area contributed by atoms with Crippen molar-refractivity contribution in [3.8, 4) is 0 Å². The normalized spacial score (nSPS) is 12.7. The smallest absolute Gasteiger partial charge is 0.356 e. The molecule has 0 radical (unpaired) electrons. The summed E-state index contributed by atoms with van der Waals surface area (Å²) < 4.78 is 0. The quantitative estimate of drug-likeness (QED) is 0.780. The predicted molar refractivity (Wildman–Crippen MR) is 74.4 cm³/mol. The summed E-state index contributed by atoms with van der Waals surface area (Å²) in [5.41, 5.74) is -0.0445. The number of nitrogens with one attached hydrogen (secondary N) is 1. The maximum Gasteiger partial charge on any atom is 0.356 e. The van der Waals surface area contributed by atoms with E-state index in [9.17, 15) is 4.79 Å². The molecule has 0 amide bonds. The number of nitrogens with zero attached hydrogens (tertiary/aromatic N) is 3. The number of likely N-dealkylation sites (N-methyl/N-ethyl adjacent to an activating group) is 1. The van der Waals surface area contributed by atoms with Gasteiger partial charge in [0.2, 0.25) is 0 Å². The molecule has 0 aliphatic heterocycles. The number of hydrogen-bond donors (Lipinski definition) is 2. The largest absolute Gasteiger partial charge is 0.476 e. The van der Waals surface area contributed by atoms with Crippen LogP contribution in [0.15, 0.2) is 12.4 Å². The molecule has 6 nitrogen and oxygen atoms in total. The van der Waals surface area contributed by atoms with Crippen molar-refractivity contribution < 1.29 is 9.90 Å². The van der Waals surface area contributed by atoms with Crippen LogP contribution >= 0.6 is 0 Å². The van der Waals surface area contributed by atoms with Crippen LogP contribution in [-0.4, -0.2) is 52.6 Å². The van der Waals surface area contributed by atoms with Crippen LogP contribution in [0, 0.1) is 5.92 Å². The van der Waals surface area contributed by atoms with Gasteiger partial charge in [-0.25, -0.2) is 14.8 Å². The summed E-state index contributed by atoms with van der Waals surface area (Å²) in [6.45, 7) is 5.14. The minimum absolute atomic E-state index is 0.0445. The number of rotatable bonds is 7. The first kappa shape index (κ1) is 15.4. The van der Waals surface area contributed by atoms with Crippen LogP contribution in [0.1, 0.15) is 30.8 Å². The average Bonchev–Trinajstić information content (AvgIpc) is 2.34. The molecular formula is C13H22N4O2. The van der Waals surface area contributed by atoms with Crippen LogP contribution < -0.4 is 5.32 Å². The number of carbonyl (C=O) groups is 1. The highest BCUT2D eigenvalue weighted by atomic mass is 16.4. The zero-order valence-electron chi connectivity index (χ0n) is 11.9. The number of carboxylic acid groups (broad SMARTS) is 1. The van der Waals surface area contributed by atoms with Gasteiger partial charge in [0.25, 0.3) is 0 Å². The van der Waals surface area contributed by atoms with Crippen LogP contribution in [0.25, 0.3) is 0 Å². The van der Waals surface area contributed by atoms with Gasteiger partial charge in [0, 0.05) is 12.6 Å². The monoisotopic (exact) mass is 266 g/mol. The van der Waals surface area contributed by atoms with E-state index < -0.39 is 5.97 Å². The van der Waals surface area contributed by atoms with Gasteiger partial charge >= 0.3 is 5.97 Å². The molecule has 0 aliphatic carbocycles. The second kappa shape index (κ2) is 7.04. The van der Waals surface area contributed by atoms with Gasteiger partial charge in [-0.05, 0) is 26.4 Å². The third kappa shape index (κ3) is 5.21. The van der Waals surface area contributed by atoms with Crippen LogP contribution in [0.5, 0.6) is 0 Å². The summed E-state index contributed by atoms with van der Waals surface area (Å²) in [7, 11) is 4.10. The van der Waals surface area contributed by atoms with Crippen LogP contribution in [0.3, 0.4) is 0 Å². The maximum absolute atomic E-state index is 10.7. The fourth-order valence-corrected chi connectivity index (χ4v) is 1.77. The Morgan fingerprint density at radius 3 is 2.47 bits per heavy atom. The molecule has 1 rings (SSSR count). The van der Waals surface area contributed by atoms with Crippen molar-refractivity contribution in [1.29, 1.82) is 0 Å². The molecular weight excluding hydrogens is 244 g/mol. The second-order valence-corrected chi connectivity index (χ2v) is 5.22. The molecule has 6 heteroatoms. The molecule has 106 valence electrons. The lowest BCUT2D eigenvalue weighted by molar-refractivity contribution is 0.0690. The highest BCUT2D eigenvalue weighted by Crippen LogP contribution is 2.10. The lowest BCUT2D eigenvalue weighted by Gasteiger charge is -2.26. The van der Waals surface area contributed by atoms with Gasteiger partial charge in [0.15, 0.2) is 5.69 Å². The first-order chi connectivity index (χ1) is 8.90. The van der Waals surface area contributed by atoms with Gasteiger partial charge in [-0.2, -0.15) is 0 Å². The zero-order valence-corrected chi connectivity index (χ0v) is 11.9. The molecule has 2 N–H and O–H groups in total. The highest BCUT2D eigenvalue weighted by Gasteiger charge is 2.13. The SMILES string of the molecule is CC(C)CC(CNc1cnc(C(=O)O)cn1)N(C)C. The van der Waals surface area contributed by atoms with Gasteiger partial charge in [0.1, 0.15) is 5.82 Å². The van der Waals surface area contributed by atoms with Gasteiger partial charge in [-0.1, -0.05) is 13.8 Å². The minimum Gasteiger partial charge on any atom is -0.476 e. The number of aromatic nitrogens is 2. The Labute approximate surface area is 113 Å². The van der Waals surface area contributed by atoms with Crippen molar-refractivity contribution in [2.24, 2.45) is 5.92 Å². The topological polar surface area (TPSA) is 78.3 Å². The van der Waals surface area contributed by atoms with E-state index in [2.05, 4.69) is 34.0 Å². The third-order valence-electron chi connectivity index (χ3n) is 2.86. The van der Waals surface area contributed by atoms with E-state index in [1.54, 1.807) is 0 Å². The molecule has 19 heavy (non-hydrogen) atoms. The van der Waals surface area contributed by atoms with Crippen LogP contribution in [-0.2, 0) is 0 Å². The standard InChI is InChI=1S/C13H22N4O2/c1-9(2)5-10(17(3)4)6-15-12-8-14-11(7-16-12)13(18)19/h7-10H,5-6H2,1-4H3,(H,15,16)(H,18,19). The number of carboxylic acids is 1. The van der Waals surface area contributed by atoms with Crippen LogP contribution in [0.4, 0.5) is 5.82 Å². The first-order valence-electron chi connectivity index (χ1n) is 6.35. The minimum atomic E-state index is -1.06. The molecule has 1 unspecified atom stereocenters. The Morgan fingerprint density at radius 1 is 1.37 bits per heavy atom. The van der Waals surface area contributed by atoms with Crippen LogP contribution in [0.2, 0.25) is 0 Å². The van der Waals surface area contributed by atoms with Crippen molar-refractivity contribution in [2.75, 3.05) is 26.0 Å². The van der Waals surface area contributed by atoms with Gasteiger partial charge in [0.05, 0.1) is 12.4 Å². The van der Waals surface area contributed by atoms with Gasteiger partial charge < -0.3 is 15.3 Å². The summed E-state index contributed by atoms with van der Waals surface area (Å²) in [4.78, 5) is 20.7. The number of hydrogen-bond acceptors (Lipinski definition) is 5. The Hall–Kier alpha value is -1.69. The third-order valence-corrected chi connectivity index (χ3v) is 2.86. The summed E-state index contributed by atoms with van der Waals surface area (Å²) in [6.07, 6.45) is 3.80. The predicted octanol–water partition coefficient (Wildman–Crippen LogP) is 1.56. The first-order valence-corrected chi connectivity index (χ1v) is 6.35.